The van der Waals surface area contributed by atoms with Crippen LogP contribution >= 0.6 is 0 Å². The molecule has 10 heteroatoms. The number of aromatic nitrogens is 2. The van der Waals surface area contributed by atoms with Crippen LogP contribution in [0.2, 0.25) is 0 Å². The molecule has 3 aromatic rings. The van der Waals surface area contributed by atoms with E-state index < -0.39 is 4.92 Å². The lowest BCUT2D eigenvalue weighted by Crippen LogP contribution is -2.46. The summed E-state index contributed by atoms with van der Waals surface area (Å²) in [5, 5.41) is 17.8. The number of nitro benzene ring substituents is 1. The van der Waals surface area contributed by atoms with Crippen LogP contribution < -0.4 is 10.6 Å². The van der Waals surface area contributed by atoms with Crippen molar-refractivity contribution in [2.24, 2.45) is 0 Å². The highest BCUT2D eigenvalue weighted by Gasteiger charge is 2.26. The van der Waals surface area contributed by atoms with Gasteiger partial charge in [-0.25, -0.2) is 0 Å². The van der Waals surface area contributed by atoms with Crippen molar-refractivity contribution in [3.05, 3.63) is 94.1 Å². The van der Waals surface area contributed by atoms with Crippen LogP contribution in [0.15, 0.2) is 67.1 Å². The lowest BCUT2D eigenvalue weighted by Gasteiger charge is -2.32. The Bertz CT molecular complexity index is 1200. The Balaban J connectivity index is 1.37. The van der Waals surface area contributed by atoms with E-state index in [2.05, 4.69) is 20.6 Å². The Labute approximate surface area is 202 Å². The number of rotatable bonds is 7. The van der Waals surface area contributed by atoms with E-state index in [1.807, 2.05) is 19.1 Å². The fraction of sp³-hybridized carbons (Fsp3) is 0.280. The van der Waals surface area contributed by atoms with E-state index in [1.165, 1.54) is 6.07 Å². The first-order valence-electron chi connectivity index (χ1n) is 11.4. The molecule has 180 valence electrons. The summed E-state index contributed by atoms with van der Waals surface area (Å²) in [7, 11) is 0. The van der Waals surface area contributed by atoms with Gasteiger partial charge >= 0.3 is 0 Å². The average Bonchev–Trinajstić information content (AvgIpc) is 2.89. The van der Waals surface area contributed by atoms with Gasteiger partial charge in [-0.15, -0.1) is 0 Å². The largest absolute Gasteiger partial charge is 0.371 e. The second-order valence-corrected chi connectivity index (χ2v) is 8.39. The minimum atomic E-state index is -0.506. The zero-order chi connectivity index (χ0) is 24.8. The fourth-order valence-electron chi connectivity index (χ4n) is 4.06. The molecule has 0 spiro atoms. The van der Waals surface area contributed by atoms with Gasteiger partial charge in [0.05, 0.1) is 16.7 Å². The van der Waals surface area contributed by atoms with Gasteiger partial charge in [-0.05, 0) is 56.2 Å². The second-order valence-electron chi connectivity index (χ2n) is 8.39. The summed E-state index contributed by atoms with van der Waals surface area (Å²) in [6, 6.07) is 12.9. The third-order valence-electron chi connectivity index (χ3n) is 6.00. The van der Waals surface area contributed by atoms with Crippen LogP contribution in [-0.2, 0) is 0 Å². The molecular formula is C25H26N6O4. The van der Waals surface area contributed by atoms with E-state index in [9.17, 15) is 19.7 Å². The van der Waals surface area contributed by atoms with E-state index in [-0.39, 0.29) is 35.1 Å². The maximum absolute atomic E-state index is 12.8. The highest BCUT2D eigenvalue weighted by molar-refractivity contribution is 5.96. The Hall–Kier alpha value is -4.34. The van der Waals surface area contributed by atoms with Crippen molar-refractivity contribution in [1.29, 1.82) is 0 Å². The van der Waals surface area contributed by atoms with Crippen molar-refractivity contribution in [1.82, 2.24) is 20.2 Å². The number of hydrogen-bond acceptors (Lipinski definition) is 7. The SMILES string of the molecule is CC(Nc1ccc(C(=O)NC2CCN(C(=O)c3ccncc3)CC2)cc1[N+](=O)[O-])c1ccccn1. The number of hydrogen-bond donors (Lipinski definition) is 2. The van der Waals surface area contributed by atoms with Crippen LogP contribution in [0.3, 0.4) is 0 Å². The van der Waals surface area contributed by atoms with E-state index >= 15 is 0 Å². The molecular weight excluding hydrogens is 448 g/mol. The van der Waals surface area contributed by atoms with E-state index in [4.69, 9.17) is 0 Å². The third kappa shape index (κ3) is 5.78. The molecule has 1 fully saturated rings. The van der Waals surface area contributed by atoms with Crippen LogP contribution in [0.5, 0.6) is 0 Å². The van der Waals surface area contributed by atoms with Gasteiger partial charge in [0.15, 0.2) is 0 Å². The Morgan fingerprint density at radius 3 is 2.46 bits per heavy atom. The number of nitro groups is 1. The predicted molar refractivity (Wildman–Crippen MR) is 130 cm³/mol. The van der Waals surface area contributed by atoms with Gasteiger partial charge < -0.3 is 15.5 Å². The Morgan fingerprint density at radius 1 is 1.06 bits per heavy atom. The van der Waals surface area contributed by atoms with Crippen molar-refractivity contribution >= 4 is 23.2 Å². The molecule has 4 rings (SSSR count). The Morgan fingerprint density at radius 2 is 1.80 bits per heavy atom. The van der Waals surface area contributed by atoms with Gasteiger partial charge in [0, 0.05) is 54.9 Å². The van der Waals surface area contributed by atoms with Crippen LogP contribution in [0.4, 0.5) is 11.4 Å². The normalized spacial score (nSPS) is 14.7. The molecule has 1 aromatic carbocycles. The second kappa shape index (κ2) is 10.7. The summed E-state index contributed by atoms with van der Waals surface area (Å²) in [5.41, 5.74) is 1.67. The maximum atomic E-state index is 12.8. The smallest absolute Gasteiger partial charge is 0.293 e. The van der Waals surface area contributed by atoms with Crippen molar-refractivity contribution in [3.63, 3.8) is 0 Å². The van der Waals surface area contributed by atoms with Crippen LogP contribution in [0.1, 0.15) is 52.2 Å². The molecule has 0 aliphatic carbocycles. The van der Waals surface area contributed by atoms with Gasteiger partial charge in [-0.2, -0.15) is 0 Å². The van der Waals surface area contributed by atoms with E-state index in [0.717, 1.165) is 5.69 Å². The van der Waals surface area contributed by atoms with Crippen LogP contribution in [0, 0.1) is 10.1 Å². The third-order valence-corrected chi connectivity index (χ3v) is 6.00. The molecule has 0 saturated carbocycles. The molecule has 2 aromatic heterocycles. The number of pyridine rings is 2. The van der Waals surface area contributed by atoms with Gasteiger partial charge in [-0.3, -0.25) is 29.7 Å². The molecule has 2 N–H and O–H groups in total. The number of carbonyl (C=O) groups is 2. The topological polar surface area (TPSA) is 130 Å². The zero-order valence-electron chi connectivity index (χ0n) is 19.3. The quantitative estimate of drug-likeness (QED) is 0.395. The monoisotopic (exact) mass is 474 g/mol. The highest BCUT2D eigenvalue weighted by atomic mass is 16.6. The van der Waals surface area contributed by atoms with Gasteiger partial charge in [0.2, 0.25) is 0 Å². The number of anilines is 1. The van der Waals surface area contributed by atoms with Gasteiger partial charge in [-0.1, -0.05) is 6.07 Å². The summed E-state index contributed by atoms with van der Waals surface area (Å²) in [5.74, 6) is -0.438. The molecule has 2 amide bonds. The van der Waals surface area contributed by atoms with Crippen LogP contribution in [0.25, 0.3) is 0 Å². The standard InChI is InChI=1S/C25H26N6O4/c1-17(21-4-2-3-11-27-21)28-22-6-5-19(16-23(22)31(34)35)24(32)29-20-9-14-30(15-10-20)25(33)18-7-12-26-13-8-18/h2-8,11-13,16-17,20,28H,9-10,14-15H2,1H3,(H,29,32). The van der Waals surface area contributed by atoms with Gasteiger partial charge in [0.1, 0.15) is 5.69 Å². The molecule has 35 heavy (non-hydrogen) atoms. The first-order valence-corrected chi connectivity index (χ1v) is 11.4. The fourth-order valence-corrected chi connectivity index (χ4v) is 4.06. The number of benzene rings is 1. The van der Waals surface area contributed by atoms with Crippen molar-refractivity contribution in [3.8, 4) is 0 Å². The number of nitrogens with zero attached hydrogens (tertiary/aromatic N) is 4. The predicted octanol–water partition coefficient (Wildman–Crippen LogP) is 3.59. The number of likely N-dealkylation sites (tertiary alicyclic amines) is 1. The number of piperidine rings is 1. The van der Waals surface area contributed by atoms with Crippen molar-refractivity contribution < 1.29 is 14.5 Å². The molecule has 1 aliphatic rings. The molecule has 0 radical (unpaired) electrons. The first-order chi connectivity index (χ1) is 16.9. The minimum absolute atomic E-state index is 0.0594. The molecule has 1 unspecified atom stereocenters. The summed E-state index contributed by atoms with van der Waals surface area (Å²) in [6.07, 6.45) is 6.03. The lowest BCUT2D eigenvalue weighted by atomic mass is 10.0. The minimum Gasteiger partial charge on any atom is -0.371 e. The molecule has 1 saturated heterocycles. The zero-order valence-corrected chi connectivity index (χ0v) is 19.3. The highest BCUT2D eigenvalue weighted by Crippen LogP contribution is 2.29. The Kier molecular flexibility index (Phi) is 7.30. The van der Waals surface area contributed by atoms with Crippen molar-refractivity contribution in [2.75, 3.05) is 18.4 Å². The van der Waals surface area contributed by atoms with E-state index in [0.29, 0.717) is 37.2 Å². The maximum Gasteiger partial charge on any atom is 0.293 e. The lowest BCUT2D eigenvalue weighted by molar-refractivity contribution is -0.384. The summed E-state index contributed by atoms with van der Waals surface area (Å²) < 4.78 is 0. The van der Waals surface area contributed by atoms with Crippen molar-refractivity contribution in [2.45, 2.75) is 31.8 Å². The summed E-state index contributed by atoms with van der Waals surface area (Å²) in [4.78, 5) is 46.6. The van der Waals surface area contributed by atoms with E-state index in [1.54, 1.807) is 53.8 Å². The van der Waals surface area contributed by atoms with Crippen LogP contribution in [-0.4, -0.2) is 50.7 Å². The summed E-state index contributed by atoms with van der Waals surface area (Å²) in [6.45, 7) is 2.89. The van der Waals surface area contributed by atoms with Gasteiger partial charge in [0.25, 0.3) is 17.5 Å². The molecule has 0 bridgehead atoms. The molecule has 1 atom stereocenters. The molecule has 1 aliphatic heterocycles. The number of carbonyl (C=O) groups excluding carboxylic acids is 2. The summed E-state index contributed by atoms with van der Waals surface area (Å²) >= 11 is 0. The number of amides is 2. The average molecular weight is 475 g/mol. The molecule has 3 heterocycles. The first kappa shape index (κ1) is 23.8. The molecule has 10 nitrogen and oxygen atoms in total. The number of nitrogens with one attached hydrogen (secondary N) is 2.